The van der Waals surface area contributed by atoms with Gasteiger partial charge in [0.15, 0.2) is 0 Å². The minimum Gasteiger partial charge on any atom is -0.369 e. The van der Waals surface area contributed by atoms with Crippen LogP contribution in [0.1, 0.15) is 12.0 Å². The molecule has 5 heteroatoms. The molecule has 2 amide bonds. The maximum Gasteiger partial charge on any atom is 0.317 e. The van der Waals surface area contributed by atoms with E-state index in [4.69, 9.17) is 0 Å². The molecular weight excluding hydrogens is 336 g/mol. The van der Waals surface area contributed by atoms with Crippen LogP contribution in [0.15, 0.2) is 60.7 Å². The molecule has 4 rings (SSSR count). The molecule has 1 unspecified atom stereocenters. The molecule has 1 N–H and O–H groups in total. The standard InChI is InChI=1S/C22H28N4O/c27-22(23-20-11-12-26(18-20)21-9-5-2-6-10-21)25-15-13-24(14-16-25)17-19-7-3-1-4-8-19/h1-10,20H,11-18H2,(H,23,27). The van der Waals surface area contributed by atoms with Crippen molar-refractivity contribution in [2.45, 2.75) is 19.0 Å². The van der Waals surface area contributed by atoms with Crippen LogP contribution in [0.3, 0.4) is 0 Å². The van der Waals surface area contributed by atoms with Gasteiger partial charge in [-0.3, -0.25) is 4.90 Å². The predicted octanol–water partition coefficient (Wildman–Crippen LogP) is 2.79. The van der Waals surface area contributed by atoms with Gasteiger partial charge in [0.05, 0.1) is 0 Å². The Bertz CT molecular complexity index is 728. The third-order valence-corrected chi connectivity index (χ3v) is 5.55. The molecule has 2 heterocycles. The number of hydrogen-bond donors (Lipinski definition) is 1. The molecule has 27 heavy (non-hydrogen) atoms. The first-order chi connectivity index (χ1) is 13.3. The molecule has 2 saturated heterocycles. The topological polar surface area (TPSA) is 38.8 Å². The number of para-hydroxylation sites is 1. The predicted molar refractivity (Wildman–Crippen MR) is 109 cm³/mol. The molecule has 2 fully saturated rings. The van der Waals surface area contributed by atoms with E-state index in [9.17, 15) is 4.79 Å². The fourth-order valence-electron chi connectivity index (χ4n) is 3.97. The van der Waals surface area contributed by atoms with Crippen molar-refractivity contribution in [3.8, 4) is 0 Å². The molecule has 0 aliphatic carbocycles. The Balaban J connectivity index is 1.22. The summed E-state index contributed by atoms with van der Waals surface area (Å²) in [5, 5.41) is 3.24. The Morgan fingerprint density at radius 1 is 0.889 bits per heavy atom. The van der Waals surface area contributed by atoms with E-state index in [-0.39, 0.29) is 12.1 Å². The van der Waals surface area contributed by atoms with Gasteiger partial charge in [0.2, 0.25) is 0 Å². The highest BCUT2D eigenvalue weighted by atomic mass is 16.2. The van der Waals surface area contributed by atoms with Crippen molar-refractivity contribution in [3.63, 3.8) is 0 Å². The van der Waals surface area contributed by atoms with Gasteiger partial charge in [-0.25, -0.2) is 4.79 Å². The van der Waals surface area contributed by atoms with Crippen LogP contribution >= 0.6 is 0 Å². The van der Waals surface area contributed by atoms with Gasteiger partial charge in [-0.15, -0.1) is 0 Å². The van der Waals surface area contributed by atoms with Crippen molar-refractivity contribution < 1.29 is 4.79 Å². The number of nitrogens with one attached hydrogen (secondary N) is 1. The zero-order valence-corrected chi connectivity index (χ0v) is 15.8. The van der Waals surface area contributed by atoms with Gasteiger partial charge < -0.3 is 15.1 Å². The summed E-state index contributed by atoms with van der Waals surface area (Å²) in [7, 11) is 0. The van der Waals surface area contributed by atoms with Crippen LogP contribution in [0.5, 0.6) is 0 Å². The number of amides is 2. The minimum absolute atomic E-state index is 0.0919. The Morgan fingerprint density at radius 2 is 1.56 bits per heavy atom. The van der Waals surface area contributed by atoms with Gasteiger partial charge in [-0.05, 0) is 24.1 Å². The second kappa shape index (κ2) is 8.44. The Hall–Kier alpha value is -2.53. The number of hydrogen-bond acceptors (Lipinski definition) is 3. The summed E-state index contributed by atoms with van der Waals surface area (Å²) in [6, 6.07) is 21.3. The number of rotatable bonds is 4. The van der Waals surface area contributed by atoms with E-state index in [0.29, 0.717) is 0 Å². The molecular formula is C22H28N4O. The van der Waals surface area contributed by atoms with Gasteiger partial charge in [0.25, 0.3) is 0 Å². The molecule has 2 aliphatic rings. The molecule has 142 valence electrons. The molecule has 2 aromatic rings. The van der Waals surface area contributed by atoms with Crippen LogP contribution in [0.4, 0.5) is 10.5 Å². The lowest BCUT2D eigenvalue weighted by Gasteiger charge is -2.35. The van der Waals surface area contributed by atoms with Crippen LogP contribution in [0.25, 0.3) is 0 Å². The maximum absolute atomic E-state index is 12.6. The normalized spacial score (nSPS) is 20.7. The number of urea groups is 1. The SMILES string of the molecule is O=C(NC1CCN(c2ccccc2)C1)N1CCN(Cc2ccccc2)CC1. The van der Waals surface area contributed by atoms with Crippen molar-refractivity contribution in [1.82, 2.24) is 15.1 Å². The van der Waals surface area contributed by atoms with E-state index >= 15 is 0 Å². The minimum atomic E-state index is 0.0919. The first-order valence-electron chi connectivity index (χ1n) is 9.90. The van der Waals surface area contributed by atoms with Crippen molar-refractivity contribution in [2.75, 3.05) is 44.2 Å². The van der Waals surface area contributed by atoms with Crippen LogP contribution in [-0.2, 0) is 6.54 Å². The maximum atomic E-state index is 12.6. The number of nitrogens with zero attached hydrogens (tertiary/aromatic N) is 3. The van der Waals surface area contributed by atoms with Crippen molar-refractivity contribution in [3.05, 3.63) is 66.2 Å². The van der Waals surface area contributed by atoms with Gasteiger partial charge in [-0.1, -0.05) is 48.5 Å². The van der Waals surface area contributed by atoms with Crippen LogP contribution in [0.2, 0.25) is 0 Å². The molecule has 0 spiro atoms. The second-order valence-electron chi connectivity index (χ2n) is 7.47. The van der Waals surface area contributed by atoms with E-state index in [1.165, 1.54) is 11.3 Å². The lowest BCUT2D eigenvalue weighted by molar-refractivity contribution is 0.133. The van der Waals surface area contributed by atoms with Gasteiger partial charge in [-0.2, -0.15) is 0 Å². The van der Waals surface area contributed by atoms with E-state index in [1.54, 1.807) is 0 Å². The summed E-state index contributed by atoms with van der Waals surface area (Å²) >= 11 is 0. The van der Waals surface area contributed by atoms with E-state index in [2.05, 4.69) is 63.6 Å². The monoisotopic (exact) mass is 364 g/mol. The summed E-state index contributed by atoms with van der Waals surface area (Å²) < 4.78 is 0. The average molecular weight is 364 g/mol. The Kier molecular flexibility index (Phi) is 5.58. The van der Waals surface area contributed by atoms with Crippen LogP contribution < -0.4 is 10.2 Å². The average Bonchev–Trinajstić information content (AvgIpc) is 3.18. The molecule has 0 aromatic heterocycles. The number of benzene rings is 2. The van der Waals surface area contributed by atoms with E-state index in [0.717, 1.165) is 52.2 Å². The summed E-state index contributed by atoms with van der Waals surface area (Å²) in [5.74, 6) is 0. The zero-order chi connectivity index (χ0) is 18.5. The lowest BCUT2D eigenvalue weighted by Crippen LogP contribution is -2.53. The summed E-state index contributed by atoms with van der Waals surface area (Å²) in [4.78, 5) is 19.4. The van der Waals surface area contributed by atoms with Crippen LogP contribution in [-0.4, -0.2) is 61.1 Å². The summed E-state index contributed by atoms with van der Waals surface area (Å²) in [6.45, 7) is 6.32. The van der Waals surface area contributed by atoms with E-state index < -0.39 is 0 Å². The molecule has 0 saturated carbocycles. The van der Waals surface area contributed by atoms with E-state index in [1.807, 2.05) is 17.0 Å². The molecule has 5 nitrogen and oxygen atoms in total. The first-order valence-corrected chi connectivity index (χ1v) is 9.90. The first kappa shape index (κ1) is 17.9. The number of anilines is 1. The number of carbonyl (C=O) groups is 1. The number of piperazine rings is 1. The fourth-order valence-corrected chi connectivity index (χ4v) is 3.97. The Labute approximate surface area is 161 Å². The smallest absolute Gasteiger partial charge is 0.317 e. The largest absolute Gasteiger partial charge is 0.369 e. The lowest BCUT2D eigenvalue weighted by atomic mass is 10.2. The fraction of sp³-hybridized carbons (Fsp3) is 0.409. The third kappa shape index (κ3) is 4.61. The highest BCUT2D eigenvalue weighted by Crippen LogP contribution is 2.20. The van der Waals surface area contributed by atoms with Crippen molar-refractivity contribution >= 4 is 11.7 Å². The van der Waals surface area contributed by atoms with Crippen molar-refractivity contribution in [1.29, 1.82) is 0 Å². The molecule has 2 aromatic carbocycles. The van der Waals surface area contributed by atoms with Gasteiger partial charge in [0, 0.05) is 57.5 Å². The molecule has 0 radical (unpaired) electrons. The highest BCUT2D eigenvalue weighted by Gasteiger charge is 2.27. The molecule has 2 aliphatic heterocycles. The summed E-state index contributed by atoms with van der Waals surface area (Å²) in [5.41, 5.74) is 2.58. The van der Waals surface area contributed by atoms with Crippen molar-refractivity contribution in [2.24, 2.45) is 0 Å². The summed E-state index contributed by atoms with van der Waals surface area (Å²) in [6.07, 6.45) is 1.01. The number of carbonyl (C=O) groups excluding carboxylic acids is 1. The third-order valence-electron chi connectivity index (χ3n) is 5.55. The molecule has 1 atom stereocenters. The van der Waals surface area contributed by atoms with Gasteiger partial charge >= 0.3 is 6.03 Å². The second-order valence-corrected chi connectivity index (χ2v) is 7.47. The van der Waals surface area contributed by atoms with Crippen LogP contribution in [0, 0.1) is 0 Å². The molecule has 0 bridgehead atoms. The Morgan fingerprint density at radius 3 is 2.26 bits per heavy atom. The van der Waals surface area contributed by atoms with Gasteiger partial charge in [0.1, 0.15) is 0 Å². The quantitative estimate of drug-likeness (QED) is 0.907. The zero-order valence-electron chi connectivity index (χ0n) is 15.8. The highest BCUT2D eigenvalue weighted by molar-refractivity contribution is 5.75.